The van der Waals surface area contributed by atoms with E-state index in [0.717, 1.165) is 37.1 Å². The van der Waals surface area contributed by atoms with Gasteiger partial charge in [0.05, 0.1) is 36.3 Å². The molecule has 0 aromatic heterocycles. The third-order valence-electron chi connectivity index (χ3n) is 9.73. The fourth-order valence-electron chi connectivity index (χ4n) is 6.90. The quantitative estimate of drug-likeness (QED) is 0.304. The Kier molecular flexibility index (Phi) is 10.6. The molecular weight excluding hydrogens is 616 g/mol. The first-order valence-electron chi connectivity index (χ1n) is 17.8. The lowest BCUT2D eigenvalue weighted by Crippen LogP contribution is -2.55. The molecular formula is C36H56N4O8. The van der Waals surface area contributed by atoms with E-state index in [2.05, 4.69) is 12.2 Å². The molecule has 0 radical (unpaired) electrons. The highest BCUT2D eigenvalue weighted by molar-refractivity contribution is 5.89. The predicted octanol–water partition coefficient (Wildman–Crippen LogP) is 4.35. The summed E-state index contributed by atoms with van der Waals surface area (Å²) in [7, 11) is 0. The van der Waals surface area contributed by atoms with Crippen molar-refractivity contribution in [3.05, 3.63) is 23.2 Å². The molecule has 12 nitrogen and oxygen atoms in total. The fraction of sp³-hybridized carbons (Fsp3) is 0.778. The molecule has 48 heavy (non-hydrogen) atoms. The van der Waals surface area contributed by atoms with Gasteiger partial charge in [0.2, 0.25) is 11.8 Å². The van der Waals surface area contributed by atoms with Crippen molar-refractivity contribution < 1.29 is 38.1 Å². The van der Waals surface area contributed by atoms with Gasteiger partial charge in [-0.25, -0.2) is 4.79 Å². The minimum atomic E-state index is -1.01. The second-order valence-electron chi connectivity index (χ2n) is 15.6. The summed E-state index contributed by atoms with van der Waals surface area (Å²) in [6.07, 6.45) is 5.70. The monoisotopic (exact) mass is 672 g/mol. The topological polar surface area (TPSA) is 127 Å². The Morgan fingerprint density at radius 3 is 2.33 bits per heavy atom. The van der Waals surface area contributed by atoms with Crippen LogP contribution in [0.4, 0.5) is 4.79 Å². The van der Waals surface area contributed by atoms with Gasteiger partial charge in [-0.3, -0.25) is 14.4 Å². The van der Waals surface area contributed by atoms with Crippen molar-refractivity contribution in [1.29, 1.82) is 0 Å². The molecule has 2 heterocycles. The number of likely N-dealkylation sites (tertiary alicyclic amines) is 1. The van der Waals surface area contributed by atoms with Crippen molar-refractivity contribution in [1.82, 2.24) is 20.0 Å². The van der Waals surface area contributed by atoms with Crippen LogP contribution in [0.1, 0.15) is 93.9 Å². The van der Waals surface area contributed by atoms with Crippen LogP contribution in [0.2, 0.25) is 0 Å². The van der Waals surface area contributed by atoms with Gasteiger partial charge in [-0.05, 0) is 86.6 Å². The Hall–Kier alpha value is -3.12. The minimum Gasteiger partial charge on any atom is -0.480 e. The minimum absolute atomic E-state index is 0.0204. The van der Waals surface area contributed by atoms with E-state index in [4.69, 9.17) is 18.9 Å². The summed E-state index contributed by atoms with van der Waals surface area (Å²) in [5, 5.41) is 3.19. The highest BCUT2D eigenvalue weighted by Gasteiger charge is 2.50. The summed E-state index contributed by atoms with van der Waals surface area (Å²) in [6, 6.07) is 0.0204. The molecule has 268 valence electrons. The van der Waals surface area contributed by atoms with Crippen LogP contribution in [0.5, 0.6) is 0 Å². The second-order valence-corrected chi connectivity index (χ2v) is 15.6. The Bertz CT molecular complexity index is 1330. The van der Waals surface area contributed by atoms with Gasteiger partial charge in [0.25, 0.3) is 5.91 Å². The van der Waals surface area contributed by atoms with Gasteiger partial charge in [-0.15, -0.1) is 0 Å². The Morgan fingerprint density at radius 2 is 1.73 bits per heavy atom. The number of nitrogens with one attached hydrogen (secondary N) is 1. The van der Waals surface area contributed by atoms with E-state index < -0.39 is 29.1 Å². The maximum absolute atomic E-state index is 14.7. The average Bonchev–Trinajstić information content (AvgIpc) is 3.95. The smallest absolute Gasteiger partial charge is 0.410 e. The Labute approximate surface area is 285 Å². The van der Waals surface area contributed by atoms with E-state index in [-0.39, 0.29) is 48.3 Å². The first kappa shape index (κ1) is 36.2. The lowest BCUT2D eigenvalue weighted by molar-refractivity contribution is -0.153. The van der Waals surface area contributed by atoms with Crippen molar-refractivity contribution in [2.75, 3.05) is 46.1 Å². The molecule has 2 saturated carbocycles. The van der Waals surface area contributed by atoms with Gasteiger partial charge in [-0.2, -0.15) is 0 Å². The van der Waals surface area contributed by atoms with E-state index >= 15 is 0 Å². The van der Waals surface area contributed by atoms with Crippen LogP contribution in [-0.2, 0) is 33.3 Å². The number of rotatable bonds is 12. The summed E-state index contributed by atoms with van der Waals surface area (Å²) in [4.78, 5) is 60.6. The number of hydrogen-bond donors (Lipinski definition) is 1. The largest absolute Gasteiger partial charge is 0.480 e. The van der Waals surface area contributed by atoms with Crippen molar-refractivity contribution >= 4 is 23.8 Å². The Balaban J connectivity index is 1.43. The normalized spacial score (nSPS) is 26.3. The van der Waals surface area contributed by atoms with Crippen LogP contribution in [0.25, 0.3) is 0 Å². The maximum Gasteiger partial charge on any atom is 0.410 e. The van der Waals surface area contributed by atoms with Crippen molar-refractivity contribution in [2.24, 2.45) is 17.8 Å². The standard InChI is InChI=1S/C36H56N4O8/c1-9-45-16-15-39-28-19-27(23(3)17-29(28)47-35(7,8)32(39)43)40(26-11-12-26)31(42)25-18-24(20-38(21-25)33(44)48-34(4,5)6)30(41)37-36(13-14-36)22-46-10-2/h19,23-26H,9-18,20-22H2,1-8H3,(H,37,41). The van der Waals surface area contributed by atoms with Crippen LogP contribution >= 0.6 is 0 Å². The molecule has 5 rings (SSSR count). The summed E-state index contributed by atoms with van der Waals surface area (Å²) >= 11 is 0. The first-order valence-corrected chi connectivity index (χ1v) is 17.8. The molecule has 4 amide bonds. The van der Waals surface area contributed by atoms with Crippen molar-refractivity contribution in [3.8, 4) is 0 Å². The molecule has 0 aromatic carbocycles. The highest BCUT2D eigenvalue weighted by atomic mass is 16.6. The van der Waals surface area contributed by atoms with Gasteiger partial charge < -0.3 is 39.0 Å². The first-order chi connectivity index (χ1) is 22.6. The lowest BCUT2D eigenvalue weighted by atomic mass is 9.86. The number of amides is 4. The molecule has 1 saturated heterocycles. The molecule has 1 N–H and O–H groups in total. The zero-order valence-corrected chi connectivity index (χ0v) is 30.2. The number of carbonyl (C=O) groups excluding carboxylic acids is 4. The summed E-state index contributed by atoms with van der Waals surface area (Å²) < 4.78 is 23.2. The van der Waals surface area contributed by atoms with Gasteiger partial charge in [0.1, 0.15) is 11.4 Å². The molecule has 0 spiro atoms. The van der Waals surface area contributed by atoms with E-state index in [1.165, 1.54) is 4.90 Å². The number of ether oxygens (including phenoxy) is 4. The second kappa shape index (κ2) is 14.0. The lowest BCUT2D eigenvalue weighted by Gasteiger charge is -2.44. The summed E-state index contributed by atoms with van der Waals surface area (Å²) in [6.45, 7) is 17.6. The molecule has 5 aliphatic rings. The van der Waals surface area contributed by atoms with Crippen LogP contribution in [-0.4, -0.2) is 107 Å². The third kappa shape index (κ3) is 8.18. The van der Waals surface area contributed by atoms with Gasteiger partial charge in [0, 0.05) is 56.9 Å². The molecule has 3 unspecified atom stereocenters. The third-order valence-corrected chi connectivity index (χ3v) is 9.73. The highest BCUT2D eigenvalue weighted by Crippen LogP contribution is 2.44. The number of hydrogen-bond acceptors (Lipinski definition) is 8. The summed E-state index contributed by atoms with van der Waals surface area (Å²) in [5.41, 5.74) is -0.602. The van der Waals surface area contributed by atoms with Crippen LogP contribution < -0.4 is 5.32 Å². The van der Waals surface area contributed by atoms with Crippen molar-refractivity contribution in [2.45, 2.75) is 117 Å². The molecule has 0 aromatic rings. The zero-order valence-electron chi connectivity index (χ0n) is 30.2. The maximum atomic E-state index is 14.7. The van der Waals surface area contributed by atoms with E-state index in [9.17, 15) is 19.2 Å². The molecule has 12 heteroatoms. The van der Waals surface area contributed by atoms with Crippen LogP contribution in [0.3, 0.4) is 0 Å². The molecule has 2 aliphatic heterocycles. The van der Waals surface area contributed by atoms with Crippen LogP contribution in [0, 0.1) is 17.8 Å². The van der Waals surface area contributed by atoms with Crippen molar-refractivity contribution in [3.63, 3.8) is 0 Å². The number of piperidine rings is 1. The molecule has 3 fully saturated rings. The summed E-state index contributed by atoms with van der Waals surface area (Å²) in [5.74, 6) is -0.918. The van der Waals surface area contributed by atoms with Gasteiger partial charge in [0.15, 0.2) is 5.60 Å². The van der Waals surface area contributed by atoms with E-state index in [1.54, 1.807) is 39.5 Å². The molecule has 3 aliphatic carbocycles. The SMILES string of the molecule is CCOCCN1C(=O)C(C)(C)OC2=C1C=C(N(C(=O)C1CC(C(=O)NC3(COCC)CC3)CN(C(=O)OC(C)(C)C)C1)C1CC1)C(C)C2. The van der Waals surface area contributed by atoms with Crippen LogP contribution in [0.15, 0.2) is 23.2 Å². The average molecular weight is 673 g/mol. The molecule has 3 atom stereocenters. The number of nitrogens with zero attached hydrogens (tertiary/aromatic N) is 3. The Morgan fingerprint density at radius 1 is 1.06 bits per heavy atom. The predicted molar refractivity (Wildman–Crippen MR) is 178 cm³/mol. The van der Waals surface area contributed by atoms with Gasteiger partial charge in [-0.1, -0.05) is 6.92 Å². The molecule has 0 bridgehead atoms. The fourth-order valence-corrected chi connectivity index (χ4v) is 6.90. The number of allylic oxidation sites excluding steroid dienone is 3. The van der Waals surface area contributed by atoms with E-state index in [1.807, 2.05) is 24.8 Å². The zero-order chi connectivity index (χ0) is 35.0. The van der Waals surface area contributed by atoms with Gasteiger partial charge >= 0.3 is 6.09 Å². The van der Waals surface area contributed by atoms with E-state index in [0.29, 0.717) is 51.5 Å². The number of carbonyl (C=O) groups is 4.